The quantitative estimate of drug-likeness (QED) is 0.0715. The van der Waals surface area contributed by atoms with E-state index in [0.717, 1.165) is 92.8 Å². The van der Waals surface area contributed by atoms with Crippen LogP contribution in [-0.4, -0.2) is 19.9 Å². The summed E-state index contributed by atoms with van der Waals surface area (Å²) in [4.78, 5) is 20.3. The molecule has 4 heterocycles. The predicted molar refractivity (Wildman–Crippen MR) is 502 cm³/mol. The van der Waals surface area contributed by atoms with Gasteiger partial charge in [0, 0.05) is 44.9 Å². The molecule has 3 atom stereocenters. The van der Waals surface area contributed by atoms with E-state index in [4.69, 9.17) is 19.9 Å². The second-order valence-corrected chi connectivity index (χ2v) is 33.7. The van der Waals surface area contributed by atoms with Crippen molar-refractivity contribution in [3.63, 3.8) is 0 Å². The van der Waals surface area contributed by atoms with E-state index >= 15 is 0 Å². The first-order valence-electron chi connectivity index (χ1n) is 42.5. The van der Waals surface area contributed by atoms with E-state index in [1.54, 1.807) is 0 Å². The van der Waals surface area contributed by atoms with Crippen LogP contribution in [0.15, 0.2) is 316 Å². The molecule has 1 radical (unpaired) electrons. The first kappa shape index (κ1) is 86.5. The second kappa shape index (κ2) is 39.3. The van der Waals surface area contributed by atoms with Gasteiger partial charge in [0.15, 0.2) is 0 Å². The molecule has 4 nitrogen and oxygen atoms in total. The fraction of sp³-hybridized carbons (Fsp3) is 0.190. The first-order valence-corrected chi connectivity index (χ1v) is 42.5. The van der Waals surface area contributed by atoms with E-state index in [0.29, 0.717) is 5.92 Å². The van der Waals surface area contributed by atoms with Gasteiger partial charge in [-0.1, -0.05) is 254 Å². The van der Waals surface area contributed by atoms with Gasteiger partial charge in [0.05, 0.1) is 0 Å². The van der Waals surface area contributed by atoms with Gasteiger partial charge >= 0.3 is 20.1 Å². The molecule has 122 heavy (non-hydrogen) atoms. The molecule has 2 aliphatic rings. The minimum atomic E-state index is 0. The van der Waals surface area contributed by atoms with Crippen molar-refractivity contribution in [2.75, 3.05) is 0 Å². The summed E-state index contributed by atoms with van der Waals surface area (Å²) in [5.74, 6) is 2.96. The van der Waals surface area contributed by atoms with Crippen molar-refractivity contribution in [2.24, 2.45) is 11.8 Å². The third-order valence-corrected chi connectivity index (χ3v) is 24.9. The Kier molecular flexibility index (Phi) is 27.9. The van der Waals surface area contributed by atoms with Crippen molar-refractivity contribution in [1.82, 2.24) is 19.9 Å². The smallest absolute Gasteiger partial charge is 0.304 e. The van der Waals surface area contributed by atoms with Crippen LogP contribution in [0.25, 0.3) is 134 Å². The van der Waals surface area contributed by atoms with Gasteiger partial charge in [-0.3, -0.25) is 0 Å². The van der Waals surface area contributed by atoms with Gasteiger partial charge in [-0.2, -0.15) is 0 Å². The van der Waals surface area contributed by atoms with Crippen LogP contribution in [0.3, 0.4) is 0 Å². The van der Waals surface area contributed by atoms with Crippen molar-refractivity contribution in [3.05, 3.63) is 407 Å². The number of aromatic nitrogens is 4. The predicted octanol–water partition coefficient (Wildman–Crippen LogP) is 30.2. The Labute approximate surface area is 751 Å². The molecule has 0 N–H and O–H groups in total. The summed E-state index contributed by atoms with van der Waals surface area (Å²) in [5.41, 5.74) is 42.6. The molecule has 0 spiro atoms. The van der Waals surface area contributed by atoms with E-state index < -0.39 is 0 Å². The van der Waals surface area contributed by atoms with Crippen molar-refractivity contribution in [2.45, 2.75) is 131 Å². The zero-order valence-corrected chi connectivity index (χ0v) is 76.1. The SMILES string of the molecule is C#C.Cc1ccc(C)c(-c2cc[c-]c(-c3ccc(-c4ccccc4C4CC(c5ccccc5-c5ccc(-c6[c-]ccc(-c7cc(C)ccc7C)c6)nc5)CC(c5ccccc5-c5ccc(-c6[c-]ccc(-c7cc(C)ccc7C)c6)nc5)C4)cn3)c2)c1.Cc1ccc(C)c(-c2cc[c-]c(-c3ccc(-c4ccccc4C4C[C@@H](C)C[C@@H](C)C4)cn3)c2)c1.[Ir+3].[Ir]. The normalized spacial score (nSPS) is 16.0. The molecule has 0 bridgehead atoms. The number of hydrogen-bond donors (Lipinski definition) is 0. The molecule has 0 saturated heterocycles. The summed E-state index contributed by atoms with van der Waals surface area (Å²) >= 11 is 0. The van der Waals surface area contributed by atoms with E-state index in [-0.39, 0.29) is 58.0 Å². The third-order valence-electron chi connectivity index (χ3n) is 24.9. The molecule has 0 amide bonds. The van der Waals surface area contributed by atoms with Crippen LogP contribution in [0, 0.1) is 104 Å². The molecule has 2 aliphatic carbocycles. The number of nitrogens with zero attached hydrogens (tertiary/aromatic N) is 4. The van der Waals surface area contributed by atoms with E-state index in [2.05, 4.69) is 392 Å². The Balaban J connectivity index is 0.000000267. The summed E-state index contributed by atoms with van der Waals surface area (Å²) in [6, 6.07) is 120. The van der Waals surface area contributed by atoms with Crippen molar-refractivity contribution >= 4 is 0 Å². The molecular formula is C116H102Ir2N4-. The van der Waals surface area contributed by atoms with E-state index in [1.807, 2.05) is 30.5 Å². The van der Waals surface area contributed by atoms with Crippen molar-refractivity contribution in [1.29, 1.82) is 0 Å². The fourth-order valence-corrected chi connectivity index (χ4v) is 18.9. The minimum absolute atomic E-state index is 0. The molecule has 18 rings (SSSR count). The molecule has 12 aromatic carbocycles. The van der Waals surface area contributed by atoms with Crippen molar-refractivity contribution < 1.29 is 40.2 Å². The average Bonchev–Trinajstić information content (AvgIpc) is 0.770. The zero-order valence-electron chi connectivity index (χ0n) is 71.3. The molecular weight excluding hydrogens is 1830 g/mol. The van der Waals surface area contributed by atoms with Crippen LogP contribution >= 0.6 is 0 Å². The largest absolute Gasteiger partial charge is 3.00 e. The summed E-state index contributed by atoms with van der Waals surface area (Å²) in [6.07, 6.45) is 23.2. The van der Waals surface area contributed by atoms with Crippen LogP contribution in [0.4, 0.5) is 0 Å². The molecule has 16 aromatic rings. The van der Waals surface area contributed by atoms with Gasteiger partial charge in [0.1, 0.15) is 0 Å². The molecule has 0 aliphatic heterocycles. The molecule has 4 aromatic heterocycles. The van der Waals surface area contributed by atoms with Crippen LogP contribution < -0.4 is 0 Å². The second-order valence-electron chi connectivity index (χ2n) is 33.7. The van der Waals surface area contributed by atoms with Gasteiger partial charge in [0.25, 0.3) is 0 Å². The van der Waals surface area contributed by atoms with E-state index in [9.17, 15) is 0 Å². The van der Waals surface area contributed by atoms with Gasteiger partial charge in [-0.25, -0.2) is 0 Å². The summed E-state index contributed by atoms with van der Waals surface area (Å²) in [5, 5.41) is 0. The Morgan fingerprint density at radius 2 is 0.475 bits per heavy atom. The van der Waals surface area contributed by atoms with Crippen LogP contribution in [0.1, 0.15) is 143 Å². The number of rotatable bonds is 16. The molecule has 605 valence electrons. The maximum Gasteiger partial charge on any atom is 3.00 e. The average molecular weight is 1940 g/mol. The molecule has 2 saturated carbocycles. The summed E-state index contributed by atoms with van der Waals surface area (Å²) in [7, 11) is 0. The standard InChI is InChI=1S/C81H66N3.C33H34N.C2H2.2Ir/c1-52-28-31-55(4)76(40-52)58-16-13-19-61(43-58)79-37-34-64(49-82-79)70-22-7-10-25-73(70)67-46-68(74-26-11-8-23-71(74)65-35-38-80(83-50-65)62-20-14-17-59(44-62)77-41-53(2)29-32-56(77)5)48-69(47-67)75-27-12-9-24-72(75)66-36-39-81(84-51-66)63-21-15-18-60(45-63)78-42-54(3)30-33-57(78)6;1-22-12-13-25(4)32(19-22)26-8-7-9-27(20-26)33-15-14-28(21-34-33)30-10-5-6-11-31(30)29-17-23(2)16-24(3)18-29;1-2;;/h7-18,22-45,49-51,67-69H,46-48H2,1-6H3;5-8,10-15,19-21,23-24,29H,16-18H2,1-4H3;1-2H;;/q-3;-1;;;+3/t;23-,24+,29?;;;. The summed E-state index contributed by atoms with van der Waals surface area (Å²) in [6.45, 7) is 22.1. The summed E-state index contributed by atoms with van der Waals surface area (Å²) < 4.78 is 0. The maximum absolute atomic E-state index is 5.15. The van der Waals surface area contributed by atoms with Crippen LogP contribution in [0.5, 0.6) is 0 Å². The zero-order chi connectivity index (χ0) is 82.9. The number of aryl methyl sites for hydroxylation is 8. The minimum Gasteiger partial charge on any atom is -0.304 e. The molecule has 2 fully saturated rings. The van der Waals surface area contributed by atoms with Gasteiger partial charge in [-0.05, 0) is 263 Å². The van der Waals surface area contributed by atoms with Gasteiger partial charge < -0.3 is 19.9 Å². The number of benzene rings is 12. The fourth-order valence-electron chi connectivity index (χ4n) is 18.9. The molecule has 6 heteroatoms. The Hall–Kier alpha value is -11.9. The maximum atomic E-state index is 5.15. The Bertz CT molecular complexity index is 5890. The number of pyridine rings is 4. The van der Waals surface area contributed by atoms with Crippen molar-refractivity contribution in [3.8, 4) is 147 Å². The monoisotopic (exact) mass is 1940 g/mol. The van der Waals surface area contributed by atoms with Crippen LogP contribution in [0.2, 0.25) is 0 Å². The number of terminal acetylenes is 1. The Morgan fingerprint density at radius 1 is 0.246 bits per heavy atom. The topological polar surface area (TPSA) is 51.6 Å². The molecule has 1 unspecified atom stereocenters. The number of hydrogen-bond acceptors (Lipinski definition) is 4. The van der Waals surface area contributed by atoms with E-state index in [1.165, 1.54) is 158 Å². The first-order chi connectivity index (χ1) is 58.5. The van der Waals surface area contributed by atoms with Gasteiger partial charge in [-0.15, -0.1) is 154 Å². The third kappa shape index (κ3) is 19.5. The van der Waals surface area contributed by atoms with Crippen LogP contribution in [-0.2, 0) is 40.2 Å². The Morgan fingerprint density at radius 3 is 0.705 bits per heavy atom. The van der Waals surface area contributed by atoms with Gasteiger partial charge in [0.2, 0.25) is 0 Å².